The first-order valence-electron chi connectivity index (χ1n) is 9.04. The molecule has 2 aliphatic rings. The van der Waals surface area contributed by atoms with E-state index in [1.54, 1.807) is 6.20 Å². The summed E-state index contributed by atoms with van der Waals surface area (Å²) in [6, 6.07) is 14.3. The minimum atomic E-state index is -0.0774. The van der Waals surface area contributed by atoms with Crippen LogP contribution in [0.2, 0.25) is 0 Å². The highest BCUT2D eigenvalue weighted by Crippen LogP contribution is 2.44. The maximum Gasteiger partial charge on any atom is 0.232 e. The van der Waals surface area contributed by atoms with Crippen LogP contribution in [-0.4, -0.2) is 28.9 Å². The first kappa shape index (κ1) is 15.9. The summed E-state index contributed by atoms with van der Waals surface area (Å²) in [6.45, 7) is 0. The Morgan fingerprint density at radius 1 is 1.00 bits per heavy atom. The van der Waals surface area contributed by atoms with E-state index in [-0.39, 0.29) is 11.8 Å². The third-order valence-corrected chi connectivity index (χ3v) is 5.55. The number of carbonyl (C=O) groups excluding carboxylic acids is 1. The Bertz CT molecular complexity index is 817. The molecule has 126 valence electrons. The Morgan fingerprint density at radius 2 is 1.76 bits per heavy atom. The van der Waals surface area contributed by atoms with Gasteiger partial charge in [-0.3, -0.25) is 9.78 Å². The van der Waals surface area contributed by atoms with Crippen molar-refractivity contribution in [1.82, 2.24) is 9.88 Å². The summed E-state index contributed by atoms with van der Waals surface area (Å²) in [5, 5.41) is 0. The molecule has 1 aromatic heterocycles. The van der Waals surface area contributed by atoms with Crippen LogP contribution >= 0.6 is 0 Å². The molecule has 2 fully saturated rings. The minimum Gasteiger partial charge on any atom is -0.342 e. The summed E-state index contributed by atoms with van der Waals surface area (Å²) in [4.78, 5) is 19.3. The van der Waals surface area contributed by atoms with E-state index in [1.165, 1.54) is 12.8 Å². The van der Waals surface area contributed by atoms with Gasteiger partial charge in [0, 0.05) is 30.4 Å². The molecule has 2 aromatic rings. The third-order valence-electron chi connectivity index (χ3n) is 5.55. The van der Waals surface area contributed by atoms with Crippen LogP contribution in [0.4, 0.5) is 0 Å². The molecule has 1 saturated heterocycles. The quantitative estimate of drug-likeness (QED) is 0.749. The molecule has 1 amide bonds. The van der Waals surface area contributed by atoms with Gasteiger partial charge >= 0.3 is 0 Å². The van der Waals surface area contributed by atoms with Gasteiger partial charge in [0.05, 0.1) is 11.6 Å². The van der Waals surface area contributed by atoms with Crippen LogP contribution < -0.4 is 0 Å². The lowest BCUT2D eigenvalue weighted by molar-refractivity contribution is -0.128. The number of fused-ring (bicyclic) bond motifs is 1. The van der Waals surface area contributed by atoms with Crippen molar-refractivity contribution in [2.45, 2.75) is 37.6 Å². The second kappa shape index (κ2) is 6.72. The topological polar surface area (TPSA) is 33.2 Å². The number of rotatable bonds is 1. The zero-order chi connectivity index (χ0) is 17.2. The molecule has 0 bridgehead atoms. The molecular weight excluding hydrogens is 308 g/mol. The standard InChI is InChI=1S/C22H22N2O/c1-24-20-10-6-5-9-18(20)21(22(24)25)19-14-13-17(15-23-19)12-11-16-7-3-2-4-8-16/h2-4,7-8,13-15,18,20-21H,5-6,9-10H2,1H3/t18-,20+,21?/m0/s1. The zero-order valence-electron chi connectivity index (χ0n) is 14.5. The van der Waals surface area contributed by atoms with Crippen molar-refractivity contribution >= 4 is 5.91 Å². The van der Waals surface area contributed by atoms with Crippen molar-refractivity contribution in [2.75, 3.05) is 7.05 Å². The number of amides is 1. The summed E-state index contributed by atoms with van der Waals surface area (Å²) in [5.41, 5.74) is 2.77. The molecule has 1 aromatic carbocycles. The summed E-state index contributed by atoms with van der Waals surface area (Å²) < 4.78 is 0. The molecule has 0 radical (unpaired) electrons. The first-order valence-corrected chi connectivity index (χ1v) is 9.04. The van der Waals surface area contributed by atoms with E-state index in [0.717, 1.165) is 29.7 Å². The number of likely N-dealkylation sites (N-methyl/N-ethyl adjacent to an activating group) is 1. The van der Waals surface area contributed by atoms with E-state index in [9.17, 15) is 4.79 Å². The Hall–Kier alpha value is -2.60. The van der Waals surface area contributed by atoms with E-state index < -0.39 is 0 Å². The van der Waals surface area contributed by atoms with E-state index >= 15 is 0 Å². The molecule has 1 saturated carbocycles. The molecule has 3 atom stereocenters. The van der Waals surface area contributed by atoms with Crippen molar-refractivity contribution < 1.29 is 4.79 Å². The van der Waals surface area contributed by atoms with Crippen molar-refractivity contribution in [2.24, 2.45) is 5.92 Å². The molecule has 3 heteroatoms. The van der Waals surface area contributed by atoms with Gasteiger partial charge in [-0.1, -0.05) is 42.9 Å². The highest BCUT2D eigenvalue weighted by atomic mass is 16.2. The molecule has 3 nitrogen and oxygen atoms in total. The number of benzene rings is 1. The van der Waals surface area contributed by atoms with Gasteiger partial charge in [0.15, 0.2) is 0 Å². The van der Waals surface area contributed by atoms with E-state index in [1.807, 2.05) is 54.4 Å². The molecule has 1 unspecified atom stereocenters. The van der Waals surface area contributed by atoms with Crippen molar-refractivity contribution in [3.8, 4) is 11.8 Å². The van der Waals surface area contributed by atoms with Crippen LogP contribution in [0.15, 0.2) is 48.7 Å². The predicted octanol–water partition coefficient (Wildman–Crippen LogP) is 3.60. The number of likely N-dealkylation sites (tertiary alicyclic amines) is 1. The van der Waals surface area contributed by atoms with E-state index in [2.05, 4.69) is 16.8 Å². The lowest BCUT2D eigenvalue weighted by Crippen LogP contribution is -2.33. The van der Waals surface area contributed by atoms with Crippen molar-refractivity contribution in [1.29, 1.82) is 0 Å². The Morgan fingerprint density at radius 3 is 2.52 bits per heavy atom. The Kier molecular flexibility index (Phi) is 4.28. The normalized spacial score (nSPS) is 25.2. The SMILES string of the molecule is CN1C(=O)C(c2ccc(C#Cc3ccccc3)cn2)[C@H]2CCCC[C@H]21. The average Bonchev–Trinajstić information content (AvgIpc) is 2.92. The van der Waals surface area contributed by atoms with Crippen LogP contribution in [-0.2, 0) is 4.79 Å². The number of carbonyl (C=O) groups is 1. The Labute approximate surface area is 149 Å². The smallest absolute Gasteiger partial charge is 0.232 e. The Balaban J connectivity index is 1.56. The molecule has 25 heavy (non-hydrogen) atoms. The highest BCUT2D eigenvalue weighted by molar-refractivity contribution is 5.86. The van der Waals surface area contributed by atoms with Crippen LogP contribution in [0.1, 0.15) is 48.4 Å². The molecule has 4 rings (SSSR count). The monoisotopic (exact) mass is 330 g/mol. The second-order valence-electron chi connectivity index (χ2n) is 7.03. The van der Waals surface area contributed by atoms with Crippen molar-refractivity contribution in [3.63, 3.8) is 0 Å². The molecule has 1 aliphatic heterocycles. The zero-order valence-corrected chi connectivity index (χ0v) is 14.5. The van der Waals surface area contributed by atoms with Gasteiger partial charge in [-0.2, -0.15) is 0 Å². The van der Waals surface area contributed by atoms with Crippen LogP contribution in [0, 0.1) is 17.8 Å². The fourth-order valence-corrected chi connectivity index (χ4v) is 4.25. The summed E-state index contributed by atoms with van der Waals surface area (Å²) in [7, 11) is 1.95. The van der Waals surface area contributed by atoms with Crippen LogP contribution in [0.25, 0.3) is 0 Å². The van der Waals surface area contributed by atoms with Gasteiger partial charge in [-0.25, -0.2) is 0 Å². The maximum atomic E-state index is 12.7. The summed E-state index contributed by atoms with van der Waals surface area (Å²) in [6.07, 6.45) is 6.51. The fraction of sp³-hybridized carbons (Fsp3) is 0.364. The van der Waals surface area contributed by atoms with Gasteiger partial charge < -0.3 is 4.90 Å². The van der Waals surface area contributed by atoms with Gasteiger partial charge in [0.1, 0.15) is 0 Å². The lowest BCUT2D eigenvalue weighted by Gasteiger charge is -2.29. The molecule has 2 heterocycles. The highest BCUT2D eigenvalue weighted by Gasteiger charge is 2.48. The molecule has 0 spiro atoms. The number of hydrogen-bond donors (Lipinski definition) is 0. The summed E-state index contributed by atoms with van der Waals surface area (Å²) in [5.74, 6) is 6.86. The average molecular weight is 330 g/mol. The largest absolute Gasteiger partial charge is 0.342 e. The maximum absolute atomic E-state index is 12.7. The molecule has 0 N–H and O–H groups in total. The predicted molar refractivity (Wildman–Crippen MR) is 97.9 cm³/mol. The molecular formula is C22H22N2O. The fourth-order valence-electron chi connectivity index (χ4n) is 4.25. The molecule has 1 aliphatic carbocycles. The first-order chi connectivity index (χ1) is 12.2. The minimum absolute atomic E-state index is 0.0774. The third kappa shape index (κ3) is 3.05. The van der Waals surface area contributed by atoms with Gasteiger partial charge in [0.2, 0.25) is 5.91 Å². The van der Waals surface area contributed by atoms with Crippen LogP contribution in [0.3, 0.4) is 0 Å². The van der Waals surface area contributed by atoms with Gasteiger partial charge in [-0.05, 0) is 43.0 Å². The van der Waals surface area contributed by atoms with E-state index in [4.69, 9.17) is 0 Å². The van der Waals surface area contributed by atoms with E-state index in [0.29, 0.717) is 12.0 Å². The van der Waals surface area contributed by atoms with Crippen LogP contribution in [0.5, 0.6) is 0 Å². The summed E-state index contributed by atoms with van der Waals surface area (Å²) >= 11 is 0. The number of pyridine rings is 1. The van der Waals surface area contributed by atoms with Gasteiger partial charge in [-0.15, -0.1) is 0 Å². The number of hydrogen-bond acceptors (Lipinski definition) is 2. The number of aromatic nitrogens is 1. The lowest BCUT2D eigenvalue weighted by atomic mass is 9.78. The van der Waals surface area contributed by atoms with Gasteiger partial charge in [0.25, 0.3) is 0 Å². The second-order valence-corrected chi connectivity index (χ2v) is 7.03. The number of nitrogens with zero attached hydrogens (tertiary/aromatic N) is 2. The van der Waals surface area contributed by atoms with Crippen molar-refractivity contribution in [3.05, 3.63) is 65.5 Å².